The van der Waals surface area contributed by atoms with Gasteiger partial charge in [0.05, 0.1) is 6.42 Å². The van der Waals surface area contributed by atoms with E-state index in [0.717, 1.165) is 11.1 Å². The van der Waals surface area contributed by atoms with Crippen molar-refractivity contribution in [2.24, 2.45) is 0 Å². The largest absolute Gasteiger partial charge is 0.352 e. The van der Waals surface area contributed by atoms with E-state index in [9.17, 15) is 4.79 Å². The van der Waals surface area contributed by atoms with Crippen LogP contribution in [0.15, 0.2) is 36.4 Å². The topological polar surface area (TPSA) is 29.1 Å². The molecule has 0 heterocycles. The Morgan fingerprint density at radius 3 is 2.87 bits per heavy atom. The molecule has 1 aromatic rings. The van der Waals surface area contributed by atoms with Crippen LogP contribution < -0.4 is 5.32 Å². The molecule has 0 saturated heterocycles. The van der Waals surface area contributed by atoms with E-state index in [2.05, 4.69) is 11.9 Å². The molecule has 1 aromatic carbocycles. The monoisotopic (exact) mass is 223 g/mol. The molecule has 1 rings (SSSR count). The lowest BCUT2D eigenvalue weighted by Crippen LogP contribution is -2.26. The van der Waals surface area contributed by atoms with Crippen molar-refractivity contribution in [1.82, 2.24) is 5.32 Å². The van der Waals surface area contributed by atoms with Crippen LogP contribution in [0.25, 0.3) is 0 Å². The van der Waals surface area contributed by atoms with Gasteiger partial charge >= 0.3 is 0 Å². The predicted octanol–water partition coefficient (Wildman–Crippen LogP) is 2.57. The highest BCUT2D eigenvalue weighted by Crippen LogP contribution is 2.10. The molecule has 0 spiro atoms. The first-order chi connectivity index (χ1) is 7.08. The second-order valence-electron chi connectivity index (χ2n) is 3.54. The van der Waals surface area contributed by atoms with Crippen molar-refractivity contribution in [2.45, 2.75) is 13.3 Å². The van der Waals surface area contributed by atoms with E-state index in [4.69, 9.17) is 11.6 Å². The molecule has 0 radical (unpaired) electrons. The summed E-state index contributed by atoms with van der Waals surface area (Å²) in [6.45, 7) is 6.11. The Bertz CT molecular complexity index is 374. The van der Waals surface area contributed by atoms with Gasteiger partial charge in [0.25, 0.3) is 0 Å². The summed E-state index contributed by atoms with van der Waals surface area (Å²) >= 11 is 5.81. The van der Waals surface area contributed by atoms with E-state index >= 15 is 0 Å². The second-order valence-corrected chi connectivity index (χ2v) is 3.98. The maximum atomic E-state index is 11.4. The average molecular weight is 224 g/mol. The van der Waals surface area contributed by atoms with Gasteiger partial charge in [-0.2, -0.15) is 0 Å². The normalized spacial score (nSPS) is 9.73. The number of nitrogens with one attached hydrogen (secondary N) is 1. The van der Waals surface area contributed by atoms with E-state index in [0.29, 0.717) is 18.0 Å². The molecule has 0 aliphatic heterocycles. The summed E-state index contributed by atoms with van der Waals surface area (Å²) in [6, 6.07) is 7.30. The molecule has 0 aliphatic carbocycles. The number of hydrogen-bond acceptors (Lipinski definition) is 1. The first kappa shape index (κ1) is 11.8. The summed E-state index contributed by atoms with van der Waals surface area (Å²) in [4.78, 5) is 11.4. The van der Waals surface area contributed by atoms with Gasteiger partial charge in [-0.15, -0.1) is 0 Å². The lowest BCUT2D eigenvalue weighted by molar-refractivity contribution is -0.120. The number of rotatable bonds is 4. The summed E-state index contributed by atoms with van der Waals surface area (Å²) in [5, 5.41) is 3.42. The molecule has 2 nitrogen and oxygen atoms in total. The summed E-state index contributed by atoms with van der Waals surface area (Å²) < 4.78 is 0. The van der Waals surface area contributed by atoms with Gasteiger partial charge < -0.3 is 5.32 Å². The molecule has 0 aliphatic rings. The Balaban J connectivity index is 2.48. The fraction of sp³-hybridized carbons (Fsp3) is 0.250. The third kappa shape index (κ3) is 4.66. The van der Waals surface area contributed by atoms with Crippen LogP contribution in [0.1, 0.15) is 12.5 Å². The number of hydrogen-bond donors (Lipinski definition) is 1. The van der Waals surface area contributed by atoms with Crippen LogP contribution in [-0.2, 0) is 11.2 Å². The highest BCUT2D eigenvalue weighted by atomic mass is 35.5. The molecular formula is C12H14ClNO. The van der Waals surface area contributed by atoms with Crippen LogP contribution in [-0.4, -0.2) is 12.5 Å². The van der Waals surface area contributed by atoms with Crippen LogP contribution in [0, 0.1) is 0 Å². The Hall–Kier alpha value is -1.28. The average Bonchev–Trinajstić information content (AvgIpc) is 2.15. The summed E-state index contributed by atoms with van der Waals surface area (Å²) in [5.74, 6) is -0.0136. The van der Waals surface area contributed by atoms with E-state index in [1.165, 1.54) is 0 Å². The first-order valence-electron chi connectivity index (χ1n) is 4.73. The lowest BCUT2D eigenvalue weighted by atomic mass is 10.1. The van der Waals surface area contributed by atoms with Gasteiger partial charge in [-0.1, -0.05) is 35.9 Å². The van der Waals surface area contributed by atoms with Crippen LogP contribution in [0.3, 0.4) is 0 Å². The minimum absolute atomic E-state index is 0.0136. The Morgan fingerprint density at radius 2 is 2.27 bits per heavy atom. The number of halogens is 1. The number of amides is 1. The van der Waals surface area contributed by atoms with Gasteiger partial charge in [0.2, 0.25) is 5.91 Å². The SMILES string of the molecule is C=C(C)CNC(=O)Cc1cccc(Cl)c1. The first-order valence-corrected chi connectivity index (χ1v) is 5.11. The van der Waals surface area contributed by atoms with Crippen LogP contribution in [0.5, 0.6) is 0 Å². The van der Waals surface area contributed by atoms with Crippen LogP contribution in [0.2, 0.25) is 5.02 Å². The summed E-state index contributed by atoms with van der Waals surface area (Å²) in [7, 11) is 0. The predicted molar refractivity (Wildman–Crippen MR) is 63.0 cm³/mol. The highest BCUT2D eigenvalue weighted by Gasteiger charge is 2.02. The highest BCUT2D eigenvalue weighted by molar-refractivity contribution is 6.30. The number of carbonyl (C=O) groups excluding carboxylic acids is 1. The fourth-order valence-corrected chi connectivity index (χ4v) is 1.36. The minimum atomic E-state index is -0.0136. The van der Waals surface area contributed by atoms with Crippen LogP contribution in [0.4, 0.5) is 0 Å². The van der Waals surface area contributed by atoms with Crippen molar-refractivity contribution >= 4 is 17.5 Å². The molecule has 0 aromatic heterocycles. The minimum Gasteiger partial charge on any atom is -0.352 e. The standard InChI is InChI=1S/C12H14ClNO/c1-9(2)8-14-12(15)7-10-4-3-5-11(13)6-10/h3-6H,1,7-8H2,2H3,(H,14,15). The summed E-state index contributed by atoms with van der Waals surface area (Å²) in [6.07, 6.45) is 0.355. The van der Waals surface area contributed by atoms with Gasteiger partial charge in [-0.05, 0) is 24.6 Å². The van der Waals surface area contributed by atoms with Crippen molar-refractivity contribution in [1.29, 1.82) is 0 Å². The Kier molecular flexibility index (Phi) is 4.37. The van der Waals surface area contributed by atoms with E-state index in [1.807, 2.05) is 19.1 Å². The van der Waals surface area contributed by atoms with Gasteiger partial charge in [-0.3, -0.25) is 4.79 Å². The molecule has 0 fully saturated rings. The molecule has 1 N–H and O–H groups in total. The molecule has 1 amide bonds. The molecule has 0 unspecified atom stereocenters. The zero-order valence-corrected chi connectivity index (χ0v) is 9.47. The molecule has 3 heteroatoms. The lowest BCUT2D eigenvalue weighted by Gasteiger charge is -2.04. The van der Waals surface area contributed by atoms with Crippen LogP contribution >= 0.6 is 11.6 Å². The van der Waals surface area contributed by atoms with Gasteiger partial charge in [-0.25, -0.2) is 0 Å². The fourth-order valence-electron chi connectivity index (χ4n) is 1.14. The Labute approximate surface area is 94.9 Å². The molecule has 0 bridgehead atoms. The molecule has 80 valence electrons. The van der Waals surface area contributed by atoms with Crippen molar-refractivity contribution in [3.8, 4) is 0 Å². The molecular weight excluding hydrogens is 210 g/mol. The smallest absolute Gasteiger partial charge is 0.224 e. The number of carbonyl (C=O) groups is 1. The molecule has 15 heavy (non-hydrogen) atoms. The van der Waals surface area contributed by atoms with Crippen molar-refractivity contribution in [2.75, 3.05) is 6.54 Å². The third-order valence-electron chi connectivity index (χ3n) is 1.84. The van der Waals surface area contributed by atoms with E-state index < -0.39 is 0 Å². The van der Waals surface area contributed by atoms with Gasteiger partial charge in [0, 0.05) is 11.6 Å². The number of benzene rings is 1. The van der Waals surface area contributed by atoms with Crippen molar-refractivity contribution in [3.63, 3.8) is 0 Å². The molecule has 0 saturated carbocycles. The summed E-state index contributed by atoms with van der Waals surface area (Å²) in [5.41, 5.74) is 1.86. The van der Waals surface area contributed by atoms with E-state index in [-0.39, 0.29) is 5.91 Å². The van der Waals surface area contributed by atoms with Crippen molar-refractivity contribution < 1.29 is 4.79 Å². The zero-order chi connectivity index (χ0) is 11.3. The van der Waals surface area contributed by atoms with E-state index in [1.54, 1.807) is 12.1 Å². The maximum absolute atomic E-state index is 11.4. The third-order valence-corrected chi connectivity index (χ3v) is 2.08. The quantitative estimate of drug-likeness (QED) is 0.782. The Morgan fingerprint density at radius 1 is 1.53 bits per heavy atom. The molecule has 0 atom stereocenters. The second kappa shape index (κ2) is 5.56. The zero-order valence-electron chi connectivity index (χ0n) is 8.72. The maximum Gasteiger partial charge on any atom is 0.224 e. The van der Waals surface area contributed by atoms with Gasteiger partial charge in [0.15, 0.2) is 0 Å². The van der Waals surface area contributed by atoms with Gasteiger partial charge in [0.1, 0.15) is 0 Å². The van der Waals surface area contributed by atoms with Crippen molar-refractivity contribution in [3.05, 3.63) is 47.0 Å².